The van der Waals surface area contributed by atoms with Gasteiger partial charge in [-0.15, -0.1) is 0 Å². The zero-order valence-corrected chi connectivity index (χ0v) is 11.2. The van der Waals surface area contributed by atoms with Crippen LogP contribution in [0.25, 0.3) is 0 Å². The van der Waals surface area contributed by atoms with Crippen LogP contribution in [0.5, 0.6) is 0 Å². The Morgan fingerprint density at radius 1 is 1.12 bits per heavy atom. The summed E-state index contributed by atoms with van der Waals surface area (Å²) in [4.78, 5) is 12.9. The van der Waals surface area contributed by atoms with Crippen molar-refractivity contribution in [3.63, 3.8) is 0 Å². The number of rotatable bonds is 3. The molecule has 4 rings (SSSR count). The highest BCUT2D eigenvalue weighted by Gasteiger charge is 2.56. The lowest BCUT2D eigenvalue weighted by Gasteiger charge is -2.57. The molecule has 4 bridgehead atoms. The van der Waals surface area contributed by atoms with E-state index in [4.69, 9.17) is 5.73 Å². The molecular weight excluding hydrogens is 210 g/mol. The van der Waals surface area contributed by atoms with E-state index in [0.717, 1.165) is 17.8 Å². The van der Waals surface area contributed by atoms with Crippen LogP contribution in [0.4, 0.5) is 0 Å². The molecule has 2 nitrogen and oxygen atoms in total. The molecule has 96 valence electrons. The lowest BCUT2D eigenvalue weighted by molar-refractivity contribution is -0.152. The van der Waals surface area contributed by atoms with Gasteiger partial charge in [-0.3, -0.25) is 4.79 Å². The molecule has 0 spiro atoms. The molecule has 4 fully saturated rings. The minimum atomic E-state index is -0.314. The maximum Gasteiger partial charge on any atom is 0.145 e. The van der Waals surface area contributed by atoms with E-state index in [1.165, 1.54) is 38.5 Å². The minimum absolute atomic E-state index is 0.0254. The fourth-order valence-corrected chi connectivity index (χ4v) is 5.20. The average molecular weight is 235 g/mol. The largest absolute Gasteiger partial charge is 0.329 e. The Morgan fingerprint density at radius 2 is 1.53 bits per heavy atom. The van der Waals surface area contributed by atoms with Crippen LogP contribution >= 0.6 is 0 Å². The lowest BCUT2D eigenvalue weighted by atomic mass is 9.46. The van der Waals surface area contributed by atoms with Gasteiger partial charge in [-0.25, -0.2) is 0 Å². The monoisotopic (exact) mass is 235 g/mol. The van der Waals surface area contributed by atoms with Crippen LogP contribution in [0.15, 0.2) is 0 Å². The fourth-order valence-electron chi connectivity index (χ4n) is 5.20. The maximum absolute atomic E-state index is 12.9. The third-order valence-electron chi connectivity index (χ3n) is 5.64. The molecule has 4 aliphatic rings. The van der Waals surface area contributed by atoms with Gasteiger partial charge in [0.25, 0.3) is 0 Å². The van der Waals surface area contributed by atoms with Crippen molar-refractivity contribution in [2.45, 2.75) is 52.4 Å². The highest BCUT2D eigenvalue weighted by molar-refractivity contribution is 5.90. The van der Waals surface area contributed by atoms with E-state index in [9.17, 15) is 4.79 Å². The minimum Gasteiger partial charge on any atom is -0.329 e. The van der Waals surface area contributed by atoms with E-state index in [2.05, 4.69) is 0 Å². The predicted molar refractivity (Wildman–Crippen MR) is 68.4 cm³/mol. The second-order valence-corrected chi connectivity index (χ2v) is 7.62. The molecule has 2 heteroatoms. The first-order valence-corrected chi connectivity index (χ1v) is 7.20. The number of hydrogen-bond acceptors (Lipinski definition) is 2. The van der Waals surface area contributed by atoms with Gasteiger partial charge < -0.3 is 5.73 Å². The molecule has 17 heavy (non-hydrogen) atoms. The van der Waals surface area contributed by atoms with Gasteiger partial charge in [0.05, 0.1) is 0 Å². The van der Waals surface area contributed by atoms with Crippen LogP contribution in [0.1, 0.15) is 52.4 Å². The summed E-state index contributed by atoms with van der Waals surface area (Å²) in [6.45, 7) is 4.56. The van der Waals surface area contributed by atoms with Crippen LogP contribution in [-0.4, -0.2) is 12.3 Å². The molecule has 0 aromatic carbocycles. The van der Waals surface area contributed by atoms with Crippen LogP contribution in [0.2, 0.25) is 0 Å². The van der Waals surface area contributed by atoms with Crippen LogP contribution in [0, 0.1) is 28.6 Å². The Balaban J connectivity index is 1.89. The Bertz CT molecular complexity index is 310. The third kappa shape index (κ3) is 1.68. The van der Waals surface area contributed by atoms with Gasteiger partial charge in [0.2, 0.25) is 0 Å². The van der Waals surface area contributed by atoms with Crippen molar-refractivity contribution in [1.82, 2.24) is 0 Å². The summed E-state index contributed by atoms with van der Waals surface area (Å²) in [7, 11) is 0. The van der Waals surface area contributed by atoms with Crippen LogP contribution < -0.4 is 5.73 Å². The van der Waals surface area contributed by atoms with Crippen LogP contribution in [-0.2, 0) is 4.79 Å². The Labute approximate surface area is 104 Å². The summed E-state index contributed by atoms with van der Waals surface area (Å²) in [6, 6.07) is 0. The molecule has 0 amide bonds. The summed E-state index contributed by atoms with van der Waals surface area (Å²) in [6.07, 6.45) is 7.70. The number of hydrogen-bond donors (Lipinski definition) is 1. The Kier molecular flexibility index (Phi) is 2.46. The van der Waals surface area contributed by atoms with Gasteiger partial charge >= 0.3 is 0 Å². The van der Waals surface area contributed by atoms with Crippen molar-refractivity contribution < 1.29 is 4.79 Å². The second-order valence-electron chi connectivity index (χ2n) is 7.62. The zero-order chi connectivity index (χ0) is 12.3. The normalized spacial score (nSPS) is 44.1. The number of nitrogens with two attached hydrogens (primary N) is 1. The Morgan fingerprint density at radius 3 is 1.88 bits per heavy atom. The summed E-state index contributed by atoms with van der Waals surface area (Å²) in [5, 5.41) is 0. The van der Waals surface area contributed by atoms with Crippen molar-refractivity contribution in [3.05, 3.63) is 0 Å². The molecule has 0 atom stereocenters. The van der Waals surface area contributed by atoms with Crippen molar-refractivity contribution in [1.29, 1.82) is 0 Å². The molecule has 4 aliphatic carbocycles. The van der Waals surface area contributed by atoms with E-state index in [-0.39, 0.29) is 10.8 Å². The number of ketones is 1. The van der Waals surface area contributed by atoms with Crippen molar-refractivity contribution in [3.8, 4) is 0 Å². The molecule has 4 saturated carbocycles. The third-order valence-corrected chi connectivity index (χ3v) is 5.64. The number of carbonyl (C=O) groups is 1. The first-order chi connectivity index (χ1) is 7.95. The van der Waals surface area contributed by atoms with Crippen molar-refractivity contribution in [2.75, 3.05) is 6.54 Å². The maximum atomic E-state index is 12.9. The summed E-state index contributed by atoms with van der Waals surface area (Å²) < 4.78 is 0. The molecule has 0 heterocycles. The molecule has 0 aliphatic heterocycles. The first-order valence-electron chi connectivity index (χ1n) is 7.20. The summed E-state index contributed by atoms with van der Waals surface area (Å²) >= 11 is 0. The van der Waals surface area contributed by atoms with E-state index in [1.807, 2.05) is 13.8 Å². The van der Waals surface area contributed by atoms with Gasteiger partial charge in [-0.2, -0.15) is 0 Å². The Hall–Kier alpha value is -0.370. The van der Waals surface area contributed by atoms with E-state index >= 15 is 0 Å². The highest BCUT2D eigenvalue weighted by Crippen LogP contribution is 2.61. The zero-order valence-electron chi connectivity index (χ0n) is 11.2. The average Bonchev–Trinajstić information content (AvgIpc) is 2.26. The van der Waals surface area contributed by atoms with Gasteiger partial charge in [0, 0.05) is 17.4 Å². The van der Waals surface area contributed by atoms with E-state index < -0.39 is 0 Å². The predicted octanol–water partition coefficient (Wildman–Crippen LogP) is 2.76. The SMILES string of the molecule is CC(C)(CN)C(=O)C12CC3CC(CC(C3)C1)C2. The smallest absolute Gasteiger partial charge is 0.145 e. The van der Waals surface area contributed by atoms with Gasteiger partial charge in [-0.1, -0.05) is 13.8 Å². The molecule has 0 unspecified atom stereocenters. The molecular formula is C15H25NO. The standard InChI is InChI=1S/C15H25NO/c1-14(2,9-16)13(17)15-6-10-3-11(7-15)5-12(4-10)8-15/h10-12H,3-9,16H2,1-2H3. The second kappa shape index (κ2) is 3.57. The molecule has 2 N–H and O–H groups in total. The molecule has 0 saturated heterocycles. The molecule has 0 aromatic heterocycles. The summed E-state index contributed by atoms with van der Waals surface area (Å²) in [5.74, 6) is 3.02. The van der Waals surface area contributed by atoms with E-state index in [1.54, 1.807) is 0 Å². The van der Waals surface area contributed by atoms with Gasteiger partial charge in [0.1, 0.15) is 5.78 Å². The van der Waals surface area contributed by atoms with Crippen molar-refractivity contribution >= 4 is 5.78 Å². The number of Topliss-reactive ketones (excluding diaryl/α,β-unsaturated/α-hetero) is 1. The topological polar surface area (TPSA) is 43.1 Å². The van der Waals surface area contributed by atoms with Crippen LogP contribution in [0.3, 0.4) is 0 Å². The first kappa shape index (κ1) is 11.7. The fraction of sp³-hybridized carbons (Fsp3) is 0.933. The van der Waals surface area contributed by atoms with Gasteiger partial charge in [-0.05, 0) is 56.3 Å². The lowest BCUT2D eigenvalue weighted by Crippen LogP contribution is -2.54. The quantitative estimate of drug-likeness (QED) is 0.817. The summed E-state index contributed by atoms with van der Waals surface area (Å²) in [5.41, 5.74) is 5.52. The molecule has 0 radical (unpaired) electrons. The van der Waals surface area contributed by atoms with Gasteiger partial charge in [0.15, 0.2) is 0 Å². The highest BCUT2D eigenvalue weighted by atomic mass is 16.1. The molecule has 0 aromatic rings. The van der Waals surface area contributed by atoms with Crippen molar-refractivity contribution in [2.24, 2.45) is 34.3 Å². The number of carbonyl (C=O) groups excluding carboxylic acids is 1. The van der Waals surface area contributed by atoms with E-state index in [0.29, 0.717) is 12.3 Å².